The molecule has 218 valence electrons. The highest BCUT2D eigenvalue weighted by atomic mass is 28.4. The molecule has 1 fully saturated rings. The molecule has 1 aliphatic heterocycles. The summed E-state index contributed by atoms with van der Waals surface area (Å²) < 4.78 is 13.6. The number of carbonyl (C=O) groups is 2. The second-order valence-corrected chi connectivity index (χ2v) is 15.4. The first kappa shape index (κ1) is 30.3. The minimum absolute atomic E-state index is 0.0793. The summed E-state index contributed by atoms with van der Waals surface area (Å²) in [6.45, 7) is 9.92. The van der Waals surface area contributed by atoms with Crippen LogP contribution in [0.2, 0.25) is 5.04 Å². The van der Waals surface area contributed by atoms with Gasteiger partial charge >= 0.3 is 11.7 Å². The van der Waals surface area contributed by atoms with Crippen LogP contribution >= 0.6 is 0 Å². The van der Waals surface area contributed by atoms with Gasteiger partial charge < -0.3 is 14.5 Å². The van der Waals surface area contributed by atoms with Crippen LogP contribution in [0.3, 0.4) is 0 Å². The van der Waals surface area contributed by atoms with Gasteiger partial charge in [0.1, 0.15) is 5.82 Å². The molecular weight excluding hydrogens is 540 g/mol. The van der Waals surface area contributed by atoms with E-state index in [4.69, 9.17) is 14.0 Å². The maximum atomic E-state index is 13.4. The molecule has 0 aliphatic carbocycles. The van der Waals surface area contributed by atoms with Crippen LogP contribution in [0.1, 0.15) is 41.0 Å². The Kier molecular flexibility index (Phi) is 8.93. The molecule has 3 aromatic rings. The Labute approximate surface area is 241 Å². The van der Waals surface area contributed by atoms with E-state index in [2.05, 4.69) is 55.3 Å². The lowest BCUT2D eigenvalue weighted by Gasteiger charge is -2.43. The lowest BCUT2D eigenvalue weighted by Crippen LogP contribution is -2.67. The molecule has 1 aromatic heterocycles. The number of anilines is 1. The molecule has 2 heterocycles. The second-order valence-electron chi connectivity index (χ2n) is 11.1. The quantitative estimate of drug-likeness (QED) is 0.305. The largest absolute Gasteiger partial charge is 0.462 e. The van der Waals surface area contributed by atoms with Gasteiger partial charge in [0.25, 0.3) is 14.0 Å². The third-order valence-electron chi connectivity index (χ3n) is 7.32. The van der Waals surface area contributed by atoms with Gasteiger partial charge in [-0.1, -0.05) is 81.4 Å². The third-order valence-corrected chi connectivity index (χ3v) is 12.3. The molecule has 4 rings (SSSR count). The number of rotatable bonds is 9. The molecule has 41 heavy (non-hydrogen) atoms. The summed E-state index contributed by atoms with van der Waals surface area (Å²) in [5.41, 5.74) is -2.55. The van der Waals surface area contributed by atoms with E-state index in [9.17, 15) is 14.4 Å². The van der Waals surface area contributed by atoms with E-state index < -0.39 is 31.7 Å². The first-order chi connectivity index (χ1) is 19.4. The van der Waals surface area contributed by atoms with Gasteiger partial charge in [-0.25, -0.2) is 9.59 Å². The molecule has 2 atom stereocenters. The van der Waals surface area contributed by atoms with Gasteiger partial charge in [-0.05, 0) is 28.4 Å². The highest BCUT2D eigenvalue weighted by Gasteiger charge is 2.56. The Morgan fingerprint density at radius 2 is 1.66 bits per heavy atom. The van der Waals surface area contributed by atoms with Gasteiger partial charge in [-0.3, -0.25) is 14.2 Å². The van der Waals surface area contributed by atoms with Crippen LogP contribution in [0.5, 0.6) is 0 Å². The zero-order chi connectivity index (χ0) is 29.8. The molecule has 1 amide bonds. The predicted octanol–water partition coefficient (Wildman–Crippen LogP) is 2.63. The zero-order valence-corrected chi connectivity index (χ0v) is 25.4. The molecule has 0 saturated carbocycles. The summed E-state index contributed by atoms with van der Waals surface area (Å²) in [6.07, 6.45) is 1.47. The molecule has 2 aromatic carbocycles. The van der Waals surface area contributed by atoms with E-state index in [0.29, 0.717) is 0 Å². The monoisotopic (exact) mass is 578 g/mol. The van der Waals surface area contributed by atoms with Crippen molar-refractivity contribution in [2.75, 3.05) is 25.6 Å². The van der Waals surface area contributed by atoms with Crippen LogP contribution in [-0.2, 0) is 29.3 Å². The smallest absolute Gasteiger partial charge is 0.362 e. The summed E-state index contributed by atoms with van der Waals surface area (Å²) in [7, 11) is -1.16. The predicted molar refractivity (Wildman–Crippen MR) is 158 cm³/mol. The van der Waals surface area contributed by atoms with Crippen LogP contribution in [-0.4, -0.2) is 61.1 Å². The second kappa shape index (κ2) is 12.1. The summed E-state index contributed by atoms with van der Waals surface area (Å²) in [6, 6.07) is 21.6. The number of likely N-dealkylation sites (N-methyl/N-ethyl adjacent to an activating group) is 1. The topological polar surface area (TPSA) is 112 Å². The Morgan fingerprint density at radius 3 is 2.15 bits per heavy atom. The highest BCUT2D eigenvalue weighted by molar-refractivity contribution is 6.99. The Hall–Kier alpha value is -3.64. The number of benzene rings is 2. The van der Waals surface area contributed by atoms with Gasteiger partial charge in [0, 0.05) is 26.6 Å². The third kappa shape index (κ3) is 5.89. The maximum absolute atomic E-state index is 13.4. The fraction of sp³-hybridized carbons (Fsp3) is 0.400. The molecule has 0 radical (unpaired) electrons. The molecule has 11 heteroatoms. The highest BCUT2D eigenvalue weighted by Crippen LogP contribution is 2.39. The normalized spacial score (nSPS) is 19.6. The number of esters is 1. The van der Waals surface area contributed by atoms with Crippen LogP contribution in [0.15, 0.2) is 77.7 Å². The Bertz CT molecular complexity index is 1390. The van der Waals surface area contributed by atoms with Crippen molar-refractivity contribution in [1.82, 2.24) is 14.6 Å². The van der Waals surface area contributed by atoms with Gasteiger partial charge in [-0.15, -0.1) is 0 Å². The van der Waals surface area contributed by atoms with E-state index >= 15 is 0 Å². The molecule has 0 unspecified atom stereocenters. The molecule has 1 aliphatic rings. The van der Waals surface area contributed by atoms with Crippen molar-refractivity contribution >= 4 is 36.4 Å². The van der Waals surface area contributed by atoms with Gasteiger partial charge in [0.2, 0.25) is 5.91 Å². The number of hydrogen-bond acceptors (Lipinski definition) is 8. The number of amides is 1. The summed E-state index contributed by atoms with van der Waals surface area (Å²) >= 11 is 0. The average Bonchev–Trinajstić information content (AvgIpc) is 3.26. The van der Waals surface area contributed by atoms with Crippen LogP contribution in [0, 0.1) is 0 Å². The molecule has 0 spiro atoms. The lowest BCUT2D eigenvalue weighted by molar-refractivity contribution is -0.238. The van der Waals surface area contributed by atoms with E-state index in [0.717, 1.165) is 14.9 Å². The number of ether oxygens (including phenoxy) is 1. The zero-order valence-electron chi connectivity index (χ0n) is 24.4. The standard InChI is InChI=1S/C30H38N4O6Si/c1-7-38-27(36)30(34-19-18-26(31-22(2)35)32-28(34)37)20-23(33(6)40-30)21-39-41(29(3,4)5,24-14-10-8-11-15-24)25-16-12-9-13-17-25/h8-19,23H,7,20-21H2,1-6H3,(H,31,32,35,37)/t23-,30+/m0/s1. The SMILES string of the molecule is CCOC(=O)[C@@]1(n2ccc(NC(C)=O)nc2=O)C[C@@H](CO[Si](c2ccccc2)(c2ccccc2)C(C)(C)C)N(C)O1. The van der Waals surface area contributed by atoms with Gasteiger partial charge in [0.05, 0.1) is 19.3 Å². The number of hydrogen-bond donors (Lipinski definition) is 1. The molecule has 0 bridgehead atoms. The van der Waals surface area contributed by atoms with Gasteiger partial charge in [0.15, 0.2) is 0 Å². The first-order valence-corrected chi connectivity index (χ1v) is 15.6. The fourth-order valence-electron chi connectivity index (χ4n) is 5.48. The Morgan fingerprint density at radius 1 is 1.07 bits per heavy atom. The molecule has 10 nitrogen and oxygen atoms in total. The van der Waals surface area contributed by atoms with Crippen molar-refractivity contribution in [3.63, 3.8) is 0 Å². The van der Waals surface area contributed by atoms with E-state index in [1.807, 2.05) is 36.4 Å². The van der Waals surface area contributed by atoms with E-state index in [1.54, 1.807) is 19.0 Å². The number of hydroxylamine groups is 2. The van der Waals surface area contributed by atoms with Crippen LogP contribution in [0.4, 0.5) is 5.82 Å². The number of nitrogens with one attached hydrogen (secondary N) is 1. The van der Waals surface area contributed by atoms with E-state index in [-0.39, 0.29) is 36.4 Å². The summed E-state index contributed by atoms with van der Waals surface area (Å²) in [4.78, 5) is 48.1. The Balaban J connectivity index is 1.73. The van der Waals surface area contributed by atoms with Crippen LogP contribution in [0.25, 0.3) is 0 Å². The fourth-order valence-corrected chi connectivity index (χ4v) is 10.1. The van der Waals surface area contributed by atoms with Gasteiger partial charge in [-0.2, -0.15) is 10.0 Å². The number of nitrogens with zero attached hydrogens (tertiary/aromatic N) is 3. The van der Waals surface area contributed by atoms with Crippen LogP contribution < -0.4 is 21.4 Å². The van der Waals surface area contributed by atoms with Crippen molar-refractivity contribution in [3.8, 4) is 0 Å². The lowest BCUT2D eigenvalue weighted by atomic mass is 10.1. The molecular formula is C30H38N4O6Si. The van der Waals surface area contributed by atoms with E-state index in [1.165, 1.54) is 19.2 Å². The first-order valence-electron chi connectivity index (χ1n) is 13.7. The van der Waals surface area contributed by atoms with Crippen molar-refractivity contribution in [1.29, 1.82) is 0 Å². The molecule has 1 saturated heterocycles. The van der Waals surface area contributed by atoms with Crippen molar-refractivity contribution in [3.05, 3.63) is 83.4 Å². The minimum Gasteiger partial charge on any atom is -0.462 e. The summed E-state index contributed by atoms with van der Waals surface area (Å²) in [5.74, 6) is -1.00. The van der Waals surface area contributed by atoms with Crippen molar-refractivity contribution < 1.29 is 23.6 Å². The number of aromatic nitrogens is 2. The maximum Gasteiger partial charge on any atom is 0.362 e. The summed E-state index contributed by atoms with van der Waals surface area (Å²) in [5, 5.41) is 6.06. The molecule has 1 N–H and O–H groups in total. The van der Waals surface area contributed by atoms with Crippen molar-refractivity contribution in [2.45, 2.75) is 57.8 Å². The average molecular weight is 579 g/mol. The number of carbonyl (C=O) groups excluding carboxylic acids is 2. The minimum atomic E-state index is -2.87. The van der Waals surface area contributed by atoms with Crippen molar-refractivity contribution in [2.24, 2.45) is 0 Å².